The number of carbonyl (C=O) groups is 2. The van der Waals surface area contributed by atoms with Gasteiger partial charge in [0, 0.05) is 18.8 Å². The van der Waals surface area contributed by atoms with Crippen LogP contribution >= 0.6 is 0 Å². The van der Waals surface area contributed by atoms with Crippen molar-refractivity contribution in [2.75, 3.05) is 27.7 Å². The van der Waals surface area contributed by atoms with Gasteiger partial charge in [0.25, 0.3) is 0 Å². The molecule has 0 fully saturated rings. The molecule has 25 heavy (non-hydrogen) atoms. The molecule has 5 heteroatoms. The van der Waals surface area contributed by atoms with Crippen LogP contribution in [0.25, 0.3) is 0 Å². The first-order valence-electron chi connectivity index (χ1n) is 9.94. The molecule has 1 atom stereocenters. The van der Waals surface area contributed by atoms with Crippen molar-refractivity contribution in [2.24, 2.45) is 0 Å². The maximum Gasteiger partial charge on any atom is 0.306 e. The fraction of sp³-hybridized carbons (Fsp3) is 0.900. The Hall–Kier alpha value is -1.10. The molecule has 0 bridgehead atoms. The van der Waals surface area contributed by atoms with Crippen molar-refractivity contribution in [3.63, 3.8) is 0 Å². The molecule has 0 N–H and O–H groups in total. The summed E-state index contributed by atoms with van der Waals surface area (Å²) in [7, 11) is 5.83. The average Bonchev–Trinajstić information content (AvgIpc) is 2.46. The van der Waals surface area contributed by atoms with E-state index in [1.54, 1.807) is 0 Å². The van der Waals surface area contributed by atoms with Gasteiger partial charge in [0.2, 0.25) is 0 Å². The number of carboxylic acids is 1. The second-order valence-electron chi connectivity index (χ2n) is 8.09. The Balaban J connectivity index is 3.77. The predicted molar refractivity (Wildman–Crippen MR) is 98.9 cm³/mol. The van der Waals surface area contributed by atoms with Crippen molar-refractivity contribution < 1.29 is 23.9 Å². The van der Waals surface area contributed by atoms with E-state index >= 15 is 0 Å². The maximum atomic E-state index is 11.9. The quantitative estimate of drug-likeness (QED) is 0.242. The summed E-state index contributed by atoms with van der Waals surface area (Å²) in [6.07, 6.45) is 11.7. The van der Waals surface area contributed by atoms with Crippen molar-refractivity contribution in [3.05, 3.63) is 0 Å². The standard InChI is InChI=1S/C20H39NO4/c1-5-6-7-8-9-10-11-12-13-14-15-20(24)25-18(16-19(22)23)17-21(2,3)4/h18H,5-17H2,1-4H3. The second-order valence-corrected chi connectivity index (χ2v) is 8.09. The Morgan fingerprint density at radius 2 is 1.36 bits per heavy atom. The van der Waals surface area contributed by atoms with Crippen LogP contribution in [0, 0.1) is 0 Å². The number of quaternary nitrogens is 1. The second kappa shape index (κ2) is 14.1. The summed E-state index contributed by atoms with van der Waals surface area (Å²) in [6.45, 7) is 2.70. The SMILES string of the molecule is CCCCCCCCCCCCC(=O)OC(CC(=O)[O-])C[N+](C)(C)C. The Bertz CT molecular complexity index is 363. The summed E-state index contributed by atoms with van der Waals surface area (Å²) >= 11 is 0. The van der Waals surface area contributed by atoms with Gasteiger partial charge in [-0.05, 0) is 6.42 Å². The average molecular weight is 358 g/mol. The summed E-state index contributed by atoms with van der Waals surface area (Å²) in [5, 5.41) is 10.8. The molecule has 148 valence electrons. The first-order chi connectivity index (χ1) is 11.7. The molecule has 0 amide bonds. The third-order valence-electron chi connectivity index (χ3n) is 4.18. The van der Waals surface area contributed by atoms with Gasteiger partial charge in [-0.3, -0.25) is 4.79 Å². The number of ether oxygens (including phenoxy) is 1. The van der Waals surface area contributed by atoms with E-state index < -0.39 is 12.1 Å². The van der Waals surface area contributed by atoms with Crippen LogP contribution in [0.2, 0.25) is 0 Å². The van der Waals surface area contributed by atoms with Crippen LogP contribution < -0.4 is 5.11 Å². The first-order valence-corrected chi connectivity index (χ1v) is 9.94. The first kappa shape index (κ1) is 23.9. The molecule has 0 radical (unpaired) electrons. The number of carboxylic acid groups (broad SMARTS) is 1. The summed E-state index contributed by atoms with van der Waals surface area (Å²) in [6, 6.07) is 0. The van der Waals surface area contributed by atoms with Crippen LogP contribution in [0.15, 0.2) is 0 Å². The fourth-order valence-electron chi connectivity index (χ4n) is 2.94. The summed E-state index contributed by atoms with van der Waals surface area (Å²) in [5.41, 5.74) is 0. The molecule has 0 saturated heterocycles. The number of rotatable bonds is 16. The summed E-state index contributed by atoms with van der Waals surface area (Å²) < 4.78 is 5.89. The summed E-state index contributed by atoms with van der Waals surface area (Å²) in [5.74, 6) is -1.47. The van der Waals surface area contributed by atoms with E-state index in [9.17, 15) is 14.7 Å². The lowest BCUT2D eigenvalue weighted by Crippen LogP contribution is -2.45. The molecule has 0 aliphatic carbocycles. The van der Waals surface area contributed by atoms with Gasteiger partial charge < -0.3 is 19.1 Å². The van der Waals surface area contributed by atoms with Crippen molar-refractivity contribution >= 4 is 11.9 Å². The van der Waals surface area contributed by atoms with Gasteiger partial charge in [-0.1, -0.05) is 64.7 Å². The molecule has 0 aliphatic heterocycles. The van der Waals surface area contributed by atoms with Crippen molar-refractivity contribution in [1.29, 1.82) is 0 Å². The lowest BCUT2D eigenvalue weighted by molar-refractivity contribution is -0.873. The molecule has 0 heterocycles. The van der Waals surface area contributed by atoms with Crippen LogP contribution in [-0.2, 0) is 14.3 Å². The fourth-order valence-corrected chi connectivity index (χ4v) is 2.94. The number of unbranched alkanes of at least 4 members (excludes halogenated alkanes) is 9. The van der Waals surface area contributed by atoms with Gasteiger partial charge in [-0.15, -0.1) is 0 Å². The Morgan fingerprint density at radius 1 is 0.880 bits per heavy atom. The third-order valence-corrected chi connectivity index (χ3v) is 4.18. The van der Waals surface area contributed by atoms with Gasteiger partial charge in [0.05, 0.1) is 21.1 Å². The van der Waals surface area contributed by atoms with Crippen LogP contribution in [0.1, 0.15) is 84.0 Å². The van der Waals surface area contributed by atoms with Gasteiger partial charge in [0.1, 0.15) is 6.54 Å². The largest absolute Gasteiger partial charge is 0.550 e. The molecule has 0 saturated carbocycles. The zero-order chi connectivity index (χ0) is 19.1. The number of carbonyl (C=O) groups excluding carboxylic acids is 2. The highest BCUT2D eigenvalue weighted by atomic mass is 16.5. The van der Waals surface area contributed by atoms with Crippen molar-refractivity contribution in [1.82, 2.24) is 0 Å². The molecular formula is C20H39NO4. The van der Waals surface area contributed by atoms with Crippen molar-refractivity contribution in [2.45, 2.75) is 90.1 Å². The zero-order valence-electron chi connectivity index (χ0n) is 16.8. The van der Waals surface area contributed by atoms with E-state index in [4.69, 9.17) is 4.74 Å². The Labute approximate surface area is 154 Å². The minimum atomic E-state index is -1.18. The monoisotopic (exact) mass is 357 g/mol. The third kappa shape index (κ3) is 17.5. The Morgan fingerprint density at radius 3 is 1.80 bits per heavy atom. The number of esters is 1. The molecule has 0 aromatic rings. The number of hydrogen-bond acceptors (Lipinski definition) is 4. The minimum Gasteiger partial charge on any atom is -0.550 e. The van der Waals surface area contributed by atoms with E-state index in [-0.39, 0.29) is 12.4 Å². The smallest absolute Gasteiger partial charge is 0.306 e. The number of aliphatic carboxylic acids is 1. The van der Waals surface area contributed by atoms with Crippen LogP contribution in [0.3, 0.4) is 0 Å². The topological polar surface area (TPSA) is 66.4 Å². The predicted octanol–water partition coefficient (Wildman–Crippen LogP) is 3.06. The van der Waals surface area contributed by atoms with Crippen LogP contribution in [0.4, 0.5) is 0 Å². The van der Waals surface area contributed by atoms with E-state index in [2.05, 4.69) is 6.92 Å². The number of likely N-dealkylation sites (N-methyl/N-ethyl adjacent to an activating group) is 1. The number of nitrogens with zero attached hydrogens (tertiary/aromatic N) is 1. The lowest BCUT2D eigenvalue weighted by atomic mass is 10.1. The highest BCUT2D eigenvalue weighted by Crippen LogP contribution is 2.12. The van der Waals surface area contributed by atoms with Gasteiger partial charge in [0.15, 0.2) is 6.10 Å². The molecule has 0 aliphatic rings. The highest BCUT2D eigenvalue weighted by molar-refractivity contribution is 5.70. The molecule has 0 aromatic carbocycles. The van der Waals surface area contributed by atoms with Gasteiger partial charge >= 0.3 is 5.97 Å². The molecule has 0 rings (SSSR count). The van der Waals surface area contributed by atoms with E-state index in [1.165, 1.54) is 44.9 Å². The van der Waals surface area contributed by atoms with Gasteiger partial charge in [-0.2, -0.15) is 0 Å². The molecule has 0 aromatic heterocycles. The molecule has 5 nitrogen and oxygen atoms in total. The van der Waals surface area contributed by atoms with E-state index in [0.29, 0.717) is 17.4 Å². The lowest BCUT2D eigenvalue weighted by Gasteiger charge is -2.29. The Kier molecular flexibility index (Phi) is 13.5. The van der Waals surface area contributed by atoms with Crippen LogP contribution in [0.5, 0.6) is 0 Å². The minimum absolute atomic E-state index is 0.237. The van der Waals surface area contributed by atoms with Crippen molar-refractivity contribution in [3.8, 4) is 0 Å². The summed E-state index contributed by atoms with van der Waals surface area (Å²) in [4.78, 5) is 22.7. The highest BCUT2D eigenvalue weighted by Gasteiger charge is 2.22. The zero-order valence-corrected chi connectivity index (χ0v) is 16.8. The molecular weight excluding hydrogens is 318 g/mol. The molecule has 0 spiro atoms. The van der Waals surface area contributed by atoms with Crippen LogP contribution in [-0.4, -0.2) is 50.2 Å². The number of hydrogen-bond donors (Lipinski definition) is 0. The molecule has 1 unspecified atom stereocenters. The normalized spacial score (nSPS) is 12.8. The van der Waals surface area contributed by atoms with E-state index in [1.807, 2.05) is 21.1 Å². The van der Waals surface area contributed by atoms with Gasteiger partial charge in [-0.25, -0.2) is 0 Å². The maximum absolute atomic E-state index is 11.9. The van der Waals surface area contributed by atoms with E-state index in [0.717, 1.165) is 19.3 Å².